The maximum atomic E-state index is 12.6. The first-order valence-corrected chi connectivity index (χ1v) is 10.5. The first kappa shape index (κ1) is 21.0. The highest BCUT2D eigenvalue weighted by Crippen LogP contribution is 2.45. The number of hydrogen-bond acceptors (Lipinski definition) is 4. The van der Waals surface area contributed by atoms with Gasteiger partial charge in [-0.2, -0.15) is 0 Å². The minimum absolute atomic E-state index is 0.0977. The van der Waals surface area contributed by atoms with Gasteiger partial charge in [0, 0.05) is 41.1 Å². The Morgan fingerprint density at radius 2 is 1.65 bits per heavy atom. The molecule has 1 fully saturated rings. The van der Waals surface area contributed by atoms with Gasteiger partial charge in [0.1, 0.15) is 0 Å². The van der Waals surface area contributed by atoms with Crippen LogP contribution >= 0.6 is 11.6 Å². The zero-order chi connectivity index (χ0) is 21.8. The minimum atomic E-state index is -0.460. The van der Waals surface area contributed by atoms with Gasteiger partial charge in [-0.1, -0.05) is 35.9 Å². The van der Waals surface area contributed by atoms with Gasteiger partial charge < -0.3 is 16.4 Å². The number of rotatable bonds is 7. The summed E-state index contributed by atoms with van der Waals surface area (Å²) in [5.41, 5.74) is 8.99. The van der Waals surface area contributed by atoms with Crippen molar-refractivity contribution in [2.75, 3.05) is 5.32 Å². The number of nitrogens with one attached hydrogen (secondary N) is 2. The molecule has 2 amide bonds. The fourth-order valence-electron chi connectivity index (χ4n) is 3.54. The van der Waals surface area contributed by atoms with Crippen LogP contribution in [0.1, 0.15) is 46.8 Å². The topological polar surface area (TPSA) is 97.1 Å². The van der Waals surface area contributed by atoms with Crippen molar-refractivity contribution in [3.63, 3.8) is 0 Å². The lowest BCUT2D eigenvalue weighted by atomic mass is 10.0. The molecule has 31 heavy (non-hydrogen) atoms. The highest BCUT2D eigenvalue weighted by Gasteiger charge is 2.45. The summed E-state index contributed by atoms with van der Waals surface area (Å²) in [4.78, 5) is 28.9. The van der Waals surface area contributed by atoms with Crippen LogP contribution in [0.2, 0.25) is 5.02 Å². The van der Waals surface area contributed by atoms with Crippen LogP contribution in [0.4, 0.5) is 5.69 Å². The minimum Gasteiger partial charge on any atom is -0.347 e. The van der Waals surface area contributed by atoms with Gasteiger partial charge in [-0.15, -0.1) is 0 Å². The fraction of sp³-hybridized carbons (Fsp3) is 0.208. The largest absolute Gasteiger partial charge is 0.347 e. The predicted octanol–water partition coefficient (Wildman–Crippen LogP) is 4.18. The number of carbonyl (C=O) groups excluding carboxylic acids is 2. The van der Waals surface area contributed by atoms with Crippen LogP contribution in [0.25, 0.3) is 0 Å². The van der Waals surface area contributed by atoms with E-state index >= 15 is 0 Å². The molecule has 1 atom stereocenters. The molecule has 4 N–H and O–H groups in total. The summed E-state index contributed by atoms with van der Waals surface area (Å²) in [6.07, 6.45) is 5.19. The number of benzene rings is 2. The fourth-order valence-corrected chi connectivity index (χ4v) is 3.66. The van der Waals surface area contributed by atoms with Crippen molar-refractivity contribution in [1.29, 1.82) is 0 Å². The molecule has 4 rings (SSSR count). The summed E-state index contributed by atoms with van der Waals surface area (Å²) in [7, 11) is 0. The van der Waals surface area contributed by atoms with E-state index in [1.165, 1.54) is 0 Å². The van der Waals surface area contributed by atoms with Crippen molar-refractivity contribution in [3.8, 4) is 0 Å². The van der Waals surface area contributed by atoms with Gasteiger partial charge >= 0.3 is 0 Å². The maximum absolute atomic E-state index is 12.6. The van der Waals surface area contributed by atoms with Crippen molar-refractivity contribution in [3.05, 3.63) is 94.8 Å². The van der Waals surface area contributed by atoms with E-state index in [-0.39, 0.29) is 23.8 Å². The van der Waals surface area contributed by atoms with Gasteiger partial charge in [-0.05, 0) is 60.4 Å². The third kappa shape index (κ3) is 5.10. The van der Waals surface area contributed by atoms with E-state index in [1.54, 1.807) is 48.8 Å². The first-order valence-electron chi connectivity index (χ1n) is 10.1. The molecular weight excluding hydrogens is 412 g/mol. The monoisotopic (exact) mass is 434 g/mol. The summed E-state index contributed by atoms with van der Waals surface area (Å²) in [5, 5.41) is 6.61. The smallest absolute Gasteiger partial charge is 0.255 e. The Balaban J connectivity index is 1.34. The van der Waals surface area contributed by atoms with Crippen LogP contribution in [0.3, 0.4) is 0 Å². The van der Waals surface area contributed by atoms with E-state index in [1.807, 2.05) is 24.3 Å². The summed E-state index contributed by atoms with van der Waals surface area (Å²) in [6.45, 7) is 0. The quantitative estimate of drug-likeness (QED) is 0.519. The number of nitrogens with two attached hydrogens (primary N) is 1. The van der Waals surface area contributed by atoms with Crippen molar-refractivity contribution in [2.45, 2.75) is 30.8 Å². The SMILES string of the molecule is NC(CC(=O)NC1(c2ccc(Cl)cc2)CC1)c1ccc(C(=O)Nc2ccncc2)cc1. The van der Waals surface area contributed by atoms with Gasteiger partial charge in [0.05, 0.1) is 5.54 Å². The lowest BCUT2D eigenvalue weighted by Gasteiger charge is -2.20. The lowest BCUT2D eigenvalue weighted by molar-refractivity contribution is -0.122. The number of pyridine rings is 1. The number of nitrogens with zero attached hydrogens (tertiary/aromatic N) is 1. The van der Waals surface area contributed by atoms with Gasteiger partial charge in [0.25, 0.3) is 5.91 Å². The molecule has 2 aromatic carbocycles. The number of amides is 2. The number of carbonyl (C=O) groups is 2. The molecule has 1 aromatic heterocycles. The van der Waals surface area contributed by atoms with Gasteiger partial charge in [0.15, 0.2) is 0 Å². The highest BCUT2D eigenvalue weighted by atomic mass is 35.5. The summed E-state index contributed by atoms with van der Waals surface area (Å²) in [6, 6.07) is 17.5. The molecule has 7 heteroatoms. The van der Waals surface area contributed by atoms with Crippen LogP contribution in [-0.2, 0) is 10.3 Å². The normalized spacial score (nSPS) is 15.0. The zero-order valence-electron chi connectivity index (χ0n) is 16.8. The zero-order valence-corrected chi connectivity index (χ0v) is 17.6. The molecule has 1 aliphatic carbocycles. The van der Waals surface area contributed by atoms with E-state index in [0.29, 0.717) is 16.3 Å². The molecule has 0 bridgehead atoms. The van der Waals surface area contributed by atoms with E-state index in [2.05, 4.69) is 15.6 Å². The third-order valence-corrected chi connectivity index (χ3v) is 5.72. The first-order chi connectivity index (χ1) is 14.9. The molecule has 158 valence electrons. The van der Waals surface area contributed by atoms with Crippen LogP contribution in [0.5, 0.6) is 0 Å². The number of anilines is 1. The van der Waals surface area contributed by atoms with E-state index in [4.69, 9.17) is 17.3 Å². The molecule has 0 spiro atoms. The molecule has 3 aromatic rings. The molecule has 1 saturated carbocycles. The third-order valence-electron chi connectivity index (χ3n) is 5.47. The molecule has 0 saturated heterocycles. The number of hydrogen-bond donors (Lipinski definition) is 3. The molecule has 1 heterocycles. The second-order valence-electron chi connectivity index (χ2n) is 7.76. The van der Waals surface area contributed by atoms with Gasteiger partial charge in [-0.25, -0.2) is 0 Å². The molecule has 0 aliphatic heterocycles. The maximum Gasteiger partial charge on any atom is 0.255 e. The predicted molar refractivity (Wildman–Crippen MR) is 121 cm³/mol. The lowest BCUT2D eigenvalue weighted by Crippen LogP contribution is -2.36. The van der Waals surface area contributed by atoms with Crippen LogP contribution in [0.15, 0.2) is 73.1 Å². The Kier molecular flexibility index (Phi) is 6.02. The van der Waals surface area contributed by atoms with Crippen molar-refractivity contribution < 1.29 is 9.59 Å². The summed E-state index contributed by atoms with van der Waals surface area (Å²) in [5.74, 6) is -0.317. The van der Waals surface area contributed by atoms with E-state index < -0.39 is 6.04 Å². The van der Waals surface area contributed by atoms with Crippen LogP contribution in [0, 0.1) is 0 Å². The molecule has 6 nitrogen and oxygen atoms in total. The van der Waals surface area contributed by atoms with E-state index in [0.717, 1.165) is 24.0 Å². The number of halogens is 1. The Labute approximate surface area is 185 Å². The average Bonchev–Trinajstić information content (AvgIpc) is 3.55. The second-order valence-corrected chi connectivity index (χ2v) is 8.20. The van der Waals surface area contributed by atoms with Gasteiger partial charge in [0.2, 0.25) is 5.91 Å². The second kappa shape index (κ2) is 8.88. The van der Waals surface area contributed by atoms with Crippen LogP contribution in [-0.4, -0.2) is 16.8 Å². The Hall–Kier alpha value is -3.22. The van der Waals surface area contributed by atoms with Crippen molar-refractivity contribution >= 4 is 29.1 Å². The number of aromatic nitrogens is 1. The van der Waals surface area contributed by atoms with Crippen molar-refractivity contribution in [1.82, 2.24) is 10.3 Å². The Morgan fingerprint density at radius 1 is 1.00 bits per heavy atom. The molecule has 1 unspecified atom stereocenters. The van der Waals surface area contributed by atoms with E-state index in [9.17, 15) is 9.59 Å². The molecule has 0 radical (unpaired) electrons. The Morgan fingerprint density at radius 3 is 2.26 bits per heavy atom. The molecular formula is C24H23ClN4O2. The highest BCUT2D eigenvalue weighted by molar-refractivity contribution is 6.30. The van der Waals surface area contributed by atoms with Crippen molar-refractivity contribution in [2.24, 2.45) is 5.73 Å². The summed E-state index contributed by atoms with van der Waals surface area (Å²) >= 11 is 5.96. The summed E-state index contributed by atoms with van der Waals surface area (Å²) < 4.78 is 0. The average molecular weight is 435 g/mol. The standard InChI is InChI=1S/C24H23ClN4O2/c25-19-7-5-18(6-8-19)24(11-12-24)29-22(30)15-21(26)16-1-3-17(4-2-16)23(31)28-20-9-13-27-14-10-20/h1-10,13-14,21H,11-12,15,26H2,(H,29,30)(H,27,28,31). The molecule has 1 aliphatic rings. The Bertz CT molecular complexity index is 1060. The van der Waals surface area contributed by atoms with Crippen LogP contribution < -0.4 is 16.4 Å². The van der Waals surface area contributed by atoms with Gasteiger partial charge in [-0.3, -0.25) is 14.6 Å².